The minimum absolute atomic E-state index is 0.151. The normalized spacial score (nSPS) is 35.2. The van der Waals surface area contributed by atoms with Crippen LogP contribution in [0.15, 0.2) is 24.3 Å². The number of rotatable bonds is 12. The Morgan fingerprint density at radius 1 is 0.704 bits per heavy atom. The molecule has 54 heavy (non-hydrogen) atoms. The second-order valence-electron chi connectivity index (χ2n) is 15.3. The lowest BCUT2D eigenvalue weighted by molar-refractivity contribution is -0.177. The lowest BCUT2D eigenvalue weighted by Gasteiger charge is -2.34. The van der Waals surface area contributed by atoms with E-state index in [1.165, 1.54) is 21.0 Å². The quantitative estimate of drug-likeness (QED) is 0.158. The molecule has 0 N–H and O–H groups in total. The first kappa shape index (κ1) is 38.9. The summed E-state index contributed by atoms with van der Waals surface area (Å²) in [4.78, 5) is 96.6. The molecule has 7 fully saturated rings. The van der Waals surface area contributed by atoms with Crippen LogP contribution >= 0.6 is 0 Å². The Bertz CT molecular complexity index is 1640. The molecule has 4 bridgehead atoms. The second-order valence-corrected chi connectivity index (χ2v) is 15.3. The van der Waals surface area contributed by atoms with Gasteiger partial charge in [-0.2, -0.15) is 0 Å². The Hall–Kier alpha value is -4.76. The molecule has 0 aromatic heterocycles. The molecule has 5 aliphatic carbocycles. The largest absolute Gasteiger partial charge is 0.469 e. The van der Waals surface area contributed by atoms with Gasteiger partial charge in [-0.25, -0.2) is 19.2 Å². The average molecular weight is 759 g/mol. The van der Waals surface area contributed by atoms with Gasteiger partial charge in [0.1, 0.15) is 30.0 Å². The lowest BCUT2D eigenvalue weighted by atomic mass is 9.78. The first-order valence-electron chi connectivity index (χ1n) is 18.4. The summed E-state index contributed by atoms with van der Waals surface area (Å²) in [5, 5.41) is 0. The van der Waals surface area contributed by atoms with Crippen LogP contribution in [-0.2, 0) is 76.3 Å². The molecule has 16 heteroatoms. The number of carbonyl (C=O) groups is 8. The van der Waals surface area contributed by atoms with E-state index in [-0.39, 0.29) is 40.8 Å². The van der Waals surface area contributed by atoms with E-state index >= 15 is 0 Å². The van der Waals surface area contributed by atoms with Gasteiger partial charge in [0.25, 0.3) is 0 Å². The van der Waals surface area contributed by atoms with Crippen molar-refractivity contribution in [2.45, 2.75) is 95.7 Å². The van der Waals surface area contributed by atoms with E-state index in [0.29, 0.717) is 12.8 Å². The van der Waals surface area contributed by atoms with Gasteiger partial charge in [-0.3, -0.25) is 19.2 Å². The van der Waals surface area contributed by atoms with Gasteiger partial charge in [-0.15, -0.1) is 0 Å². The van der Waals surface area contributed by atoms with Gasteiger partial charge in [0.15, 0.2) is 13.2 Å². The van der Waals surface area contributed by atoms with E-state index in [0.717, 1.165) is 32.1 Å². The fraction of sp³-hybridized carbons (Fsp3) is 0.684. The van der Waals surface area contributed by atoms with Crippen molar-refractivity contribution in [2.75, 3.05) is 20.3 Å². The van der Waals surface area contributed by atoms with Gasteiger partial charge in [0.05, 0.1) is 30.8 Å². The third-order valence-electron chi connectivity index (χ3n) is 12.2. The fourth-order valence-electron chi connectivity index (χ4n) is 9.77. The average Bonchev–Trinajstić information content (AvgIpc) is 3.99. The molecule has 0 spiro atoms. The maximum Gasteiger partial charge on any atom is 0.344 e. The molecule has 12 unspecified atom stereocenters. The summed E-state index contributed by atoms with van der Waals surface area (Å²) in [6.07, 6.45) is 3.03. The molecular formula is C38H46O16. The topological polar surface area (TPSA) is 210 Å². The van der Waals surface area contributed by atoms with Gasteiger partial charge in [-0.05, 0) is 58.8 Å². The van der Waals surface area contributed by atoms with Crippen molar-refractivity contribution in [2.24, 2.45) is 47.3 Å². The summed E-state index contributed by atoms with van der Waals surface area (Å²) in [6, 6.07) is 0. The summed E-state index contributed by atoms with van der Waals surface area (Å²) in [5.41, 5.74) is -0.111. The van der Waals surface area contributed by atoms with Gasteiger partial charge in [-0.1, -0.05) is 20.1 Å². The number of ether oxygens (including phenoxy) is 8. The number of carbonyl (C=O) groups excluding carboxylic acids is 8. The Kier molecular flexibility index (Phi) is 10.9. The maximum absolute atomic E-state index is 13.2. The number of esters is 8. The van der Waals surface area contributed by atoms with Crippen LogP contribution in [-0.4, -0.2) is 98.1 Å². The summed E-state index contributed by atoms with van der Waals surface area (Å²) in [7, 11) is 1.25. The molecule has 0 radical (unpaired) electrons. The van der Waals surface area contributed by atoms with E-state index in [1.54, 1.807) is 0 Å². The molecule has 0 amide bonds. The van der Waals surface area contributed by atoms with Crippen molar-refractivity contribution in [1.82, 2.24) is 0 Å². The van der Waals surface area contributed by atoms with Crippen LogP contribution in [0.3, 0.4) is 0 Å². The standard InChI is InChI=1S/C22H28O8.C16H18O8/c1-4-22(7-5-6-8-22)30-21(26)16-13-9-12-15(16)20(25)29-18(12)17(13)28-14(23)10-27-19(24)11(2)3;1-6(2)14(18)22-5-9(17)23-12-7-4-8-11(10(7)15(19)21-3)16(20)24-13(8)12/h12-13,15-18H,2,4-10H2,1,3H3;7-8,10-13H,1,4-5H2,2-3H3. The summed E-state index contributed by atoms with van der Waals surface area (Å²) in [6.45, 7) is 10.7. The molecule has 16 nitrogen and oxygen atoms in total. The predicted molar refractivity (Wildman–Crippen MR) is 178 cm³/mol. The fourth-order valence-corrected chi connectivity index (χ4v) is 9.77. The van der Waals surface area contributed by atoms with Crippen molar-refractivity contribution < 1.29 is 76.3 Å². The minimum Gasteiger partial charge on any atom is -0.469 e. The molecule has 0 aromatic carbocycles. The first-order valence-corrected chi connectivity index (χ1v) is 18.4. The number of methoxy groups -OCH3 is 1. The molecule has 7 rings (SSSR count). The molecule has 7 aliphatic rings. The Morgan fingerprint density at radius 2 is 1.13 bits per heavy atom. The molecular weight excluding hydrogens is 712 g/mol. The van der Waals surface area contributed by atoms with Crippen LogP contribution in [0.2, 0.25) is 0 Å². The van der Waals surface area contributed by atoms with Crippen LogP contribution in [0.1, 0.15) is 65.7 Å². The minimum atomic E-state index is -0.759. The van der Waals surface area contributed by atoms with Crippen LogP contribution < -0.4 is 0 Å². The summed E-state index contributed by atoms with van der Waals surface area (Å²) in [5.74, 6) is -7.99. The van der Waals surface area contributed by atoms with Crippen LogP contribution in [0.5, 0.6) is 0 Å². The van der Waals surface area contributed by atoms with E-state index < -0.39 is 109 Å². The van der Waals surface area contributed by atoms with Crippen molar-refractivity contribution in [3.05, 3.63) is 24.3 Å². The van der Waals surface area contributed by atoms with Gasteiger partial charge >= 0.3 is 47.8 Å². The van der Waals surface area contributed by atoms with Crippen molar-refractivity contribution in [3.63, 3.8) is 0 Å². The van der Waals surface area contributed by atoms with Crippen LogP contribution in [0, 0.1) is 47.3 Å². The zero-order valence-corrected chi connectivity index (χ0v) is 30.7. The van der Waals surface area contributed by atoms with Gasteiger partial charge in [0, 0.05) is 34.8 Å². The molecule has 5 saturated carbocycles. The zero-order chi connectivity index (χ0) is 39.2. The zero-order valence-electron chi connectivity index (χ0n) is 30.7. The molecule has 12 atom stereocenters. The van der Waals surface area contributed by atoms with E-state index in [4.69, 9.17) is 37.9 Å². The first-order chi connectivity index (χ1) is 25.6. The van der Waals surface area contributed by atoms with Crippen molar-refractivity contribution in [3.8, 4) is 0 Å². The van der Waals surface area contributed by atoms with Gasteiger partial charge < -0.3 is 37.9 Å². The van der Waals surface area contributed by atoms with E-state index in [9.17, 15) is 38.4 Å². The summed E-state index contributed by atoms with van der Waals surface area (Å²) >= 11 is 0. The molecule has 0 aromatic rings. The number of fused-ring (bicyclic) bond motifs is 2. The SMILES string of the molecule is C=C(C)C(=O)OCC(=O)OC1C2CC3C1OC(=O)C3C2C(=O)OC.C=C(C)C(=O)OCC(=O)OC1C2CC3C1OC(=O)C3C2C(=O)OC1(CC)CCCC1. The van der Waals surface area contributed by atoms with Crippen molar-refractivity contribution in [1.29, 1.82) is 0 Å². The Morgan fingerprint density at radius 3 is 1.52 bits per heavy atom. The van der Waals surface area contributed by atoms with Crippen molar-refractivity contribution >= 4 is 47.8 Å². The van der Waals surface area contributed by atoms with Crippen LogP contribution in [0.4, 0.5) is 0 Å². The highest BCUT2D eigenvalue weighted by molar-refractivity contribution is 5.90. The highest BCUT2D eigenvalue weighted by Crippen LogP contribution is 2.60. The summed E-state index contributed by atoms with van der Waals surface area (Å²) < 4.78 is 42.0. The maximum atomic E-state index is 13.2. The lowest BCUT2D eigenvalue weighted by Crippen LogP contribution is -2.46. The Balaban J connectivity index is 0.000000189. The molecule has 294 valence electrons. The molecule has 2 saturated heterocycles. The second kappa shape index (κ2) is 15.2. The third kappa shape index (κ3) is 6.99. The smallest absolute Gasteiger partial charge is 0.344 e. The molecule has 2 aliphatic heterocycles. The molecule has 2 heterocycles. The van der Waals surface area contributed by atoms with E-state index in [2.05, 4.69) is 13.2 Å². The Labute approximate surface area is 311 Å². The number of hydrogen-bond acceptors (Lipinski definition) is 16. The van der Waals surface area contributed by atoms with Gasteiger partial charge in [0.2, 0.25) is 0 Å². The van der Waals surface area contributed by atoms with E-state index in [1.807, 2.05) is 6.92 Å². The third-order valence-corrected chi connectivity index (χ3v) is 12.2. The highest BCUT2D eigenvalue weighted by Gasteiger charge is 2.71. The monoisotopic (exact) mass is 758 g/mol. The highest BCUT2D eigenvalue weighted by atomic mass is 16.6. The van der Waals surface area contributed by atoms with Crippen LogP contribution in [0.25, 0.3) is 0 Å². The number of hydrogen-bond donors (Lipinski definition) is 0. The predicted octanol–water partition coefficient (Wildman–Crippen LogP) is 2.09.